The predicted octanol–water partition coefficient (Wildman–Crippen LogP) is 4.37. The van der Waals surface area contributed by atoms with E-state index in [-0.39, 0.29) is 18.4 Å². The number of hydrogen-bond donors (Lipinski definition) is 0. The van der Waals surface area contributed by atoms with Crippen molar-refractivity contribution in [1.82, 2.24) is 14.4 Å². The molecule has 2 aromatic rings. The Bertz CT molecular complexity index is 754. The Morgan fingerprint density at radius 2 is 1.62 bits per heavy atom. The highest BCUT2D eigenvalue weighted by Gasteiger charge is 2.21. The van der Waals surface area contributed by atoms with Gasteiger partial charge in [0.15, 0.2) is 0 Å². The highest BCUT2D eigenvalue weighted by Crippen LogP contribution is 2.12. The molecule has 2 amide bonds. The third-order valence-corrected chi connectivity index (χ3v) is 5.14. The van der Waals surface area contributed by atoms with Crippen LogP contribution in [0.5, 0.6) is 0 Å². The van der Waals surface area contributed by atoms with Gasteiger partial charge >= 0.3 is 0 Å². The number of aromatic nitrogens is 1. The van der Waals surface area contributed by atoms with Crippen molar-refractivity contribution >= 4 is 11.8 Å². The van der Waals surface area contributed by atoms with Crippen molar-refractivity contribution in [3.8, 4) is 0 Å². The van der Waals surface area contributed by atoms with Crippen molar-refractivity contribution in [1.29, 1.82) is 0 Å². The van der Waals surface area contributed by atoms with E-state index in [4.69, 9.17) is 0 Å². The summed E-state index contributed by atoms with van der Waals surface area (Å²) >= 11 is 0. The largest absolute Gasteiger partial charge is 0.353 e. The molecule has 0 radical (unpaired) electrons. The summed E-state index contributed by atoms with van der Waals surface area (Å²) in [4.78, 5) is 29.5. The normalized spacial score (nSPS) is 10.7. The number of aryl methyl sites for hydroxylation is 1. The van der Waals surface area contributed by atoms with Crippen molar-refractivity contribution in [3.05, 3.63) is 59.9 Å². The Balaban J connectivity index is 2.11. The molecule has 0 aliphatic rings. The minimum atomic E-state index is -0.00709. The average Bonchev–Trinajstić information content (AvgIpc) is 3.12. The molecule has 5 nitrogen and oxygen atoms in total. The molecule has 0 bridgehead atoms. The van der Waals surface area contributed by atoms with Gasteiger partial charge in [-0.15, -0.1) is 0 Å². The van der Waals surface area contributed by atoms with Crippen molar-refractivity contribution in [2.75, 3.05) is 13.1 Å². The molecular weight excluding hydrogens is 362 g/mol. The molecule has 1 aromatic heterocycles. The summed E-state index contributed by atoms with van der Waals surface area (Å²) in [6, 6.07) is 14.0. The summed E-state index contributed by atoms with van der Waals surface area (Å²) in [6.45, 7) is 6.01. The van der Waals surface area contributed by atoms with Crippen LogP contribution in [0.1, 0.15) is 57.2 Å². The molecule has 0 atom stereocenters. The van der Waals surface area contributed by atoms with Crippen molar-refractivity contribution < 1.29 is 9.59 Å². The second-order valence-electron chi connectivity index (χ2n) is 7.62. The van der Waals surface area contributed by atoms with Gasteiger partial charge in [0.2, 0.25) is 11.8 Å². The van der Waals surface area contributed by atoms with Crippen LogP contribution < -0.4 is 0 Å². The highest BCUT2D eigenvalue weighted by molar-refractivity contribution is 5.84. The lowest BCUT2D eigenvalue weighted by Gasteiger charge is -2.28. The topological polar surface area (TPSA) is 45.6 Å². The first kappa shape index (κ1) is 22.7. The fourth-order valence-electron chi connectivity index (χ4n) is 3.40. The van der Waals surface area contributed by atoms with Gasteiger partial charge in [0.1, 0.15) is 0 Å². The molecule has 0 unspecified atom stereocenters. The number of unbranched alkanes of at least 4 members (excludes halogenated alkanes) is 2. The van der Waals surface area contributed by atoms with E-state index >= 15 is 0 Å². The van der Waals surface area contributed by atoms with Crippen molar-refractivity contribution in [2.45, 2.75) is 59.0 Å². The molecule has 29 heavy (non-hydrogen) atoms. The fraction of sp³-hybridized carbons (Fsp3) is 0.500. The standard InChI is InChI=1S/C24H35N3O2/c1-4-6-8-15-23(28)26(16-5-2)20-24(29)27(18-21-12-9-7-10-13-21)19-22-14-11-17-25(22)3/h7,9-14,17H,4-6,8,15-16,18-20H2,1-3H3. The third-order valence-electron chi connectivity index (χ3n) is 5.14. The molecule has 0 saturated carbocycles. The Hall–Kier alpha value is -2.56. The zero-order valence-corrected chi connectivity index (χ0v) is 18.1. The van der Waals surface area contributed by atoms with E-state index in [1.165, 1.54) is 0 Å². The molecule has 0 fully saturated rings. The second-order valence-corrected chi connectivity index (χ2v) is 7.62. The monoisotopic (exact) mass is 397 g/mol. The molecule has 0 saturated heterocycles. The van der Waals surface area contributed by atoms with Gasteiger partial charge < -0.3 is 14.4 Å². The van der Waals surface area contributed by atoms with Gasteiger partial charge in [-0.25, -0.2) is 0 Å². The van der Waals surface area contributed by atoms with Gasteiger partial charge in [0.05, 0.1) is 13.1 Å². The van der Waals surface area contributed by atoms with Crippen LogP contribution in [0.25, 0.3) is 0 Å². The van der Waals surface area contributed by atoms with Gasteiger partial charge in [-0.05, 0) is 30.5 Å². The SMILES string of the molecule is CCCCCC(=O)N(CCC)CC(=O)N(Cc1ccccc1)Cc1cccn1C. The first-order valence-corrected chi connectivity index (χ1v) is 10.7. The van der Waals surface area contributed by atoms with Crippen LogP contribution in [-0.4, -0.2) is 39.3 Å². The maximum Gasteiger partial charge on any atom is 0.242 e. The van der Waals surface area contributed by atoms with Crippen LogP contribution in [0.15, 0.2) is 48.7 Å². The van der Waals surface area contributed by atoms with Gasteiger partial charge in [-0.2, -0.15) is 0 Å². The van der Waals surface area contributed by atoms with E-state index in [9.17, 15) is 9.59 Å². The van der Waals surface area contributed by atoms with Crippen LogP contribution in [0.3, 0.4) is 0 Å². The summed E-state index contributed by atoms with van der Waals surface area (Å²) in [5.41, 5.74) is 2.16. The van der Waals surface area contributed by atoms with Crippen LogP contribution in [0.2, 0.25) is 0 Å². The zero-order chi connectivity index (χ0) is 21.1. The van der Waals surface area contributed by atoms with Gasteiger partial charge in [-0.3, -0.25) is 9.59 Å². The number of carbonyl (C=O) groups is 2. The summed E-state index contributed by atoms with van der Waals surface area (Å²) in [5.74, 6) is 0.0829. The van der Waals surface area contributed by atoms with Crippen LogP contribution >= 0.6 is 0 Å². The van der Waals surface area contributed by atoms with Gasteiger partial charge in [-0.1, -0.05) is 57.0 Å². The Kier molecular flexibility index (Phi) is 9.48. The average molecular weight is 398 g/mol. The van der Waals surface area contributed by atoms with E-state index in [2.05, 4.69) is 6.92 Å². The molecule has 1 aromatic carbocycles. The molecular formula is C24H35N3O2. The lowest BCUT2D eigenvalue weighted by Crippen LogP contribution is -2.43. The van der Waals surface area contributed by atoms with E-state index in [0.29, 0.717) is 26.1 Å². The Morgan fingerprint density at radius 3 is 2.24 bits per heavy atom. The van der Waals surface area contributed by atoms with E-state index in [0.717, 1.165) is 36.9 Å². The molecule has 1 heterocycles. The van der Waals surface area contributed by atoms with Crippen LogP contribution in [0, 0.1) is 0 Å². The first-order chi connectivity index (χ1) is 14.0. The number of amides is 2. The lowest BCUT2D eigenvalue weighted by atomic mass is 10.2. The van der Waals surface area contributed by atoms with E-state index in [1.807, 2.05) is 72.1 Å². The fourth-order valence-corrected chi connectivity index (χ4v) is 3.40. The maximum atomic E-state index is 13.2. The number of nitrogens with zero attached hydrogens (tertiary/aromatic N) is 3. The molecule has 0 aliphatic carbocycles. The number of benzene rings is 1. The van der Waals surface area contributed by atoms with E-state index < -0.39 is 0 Å². The molecule has 0 aliphatic heterocycles. The molecule has 0 spiro atoms. The Labute approximate surface area is 175 Å². The highest BCUT2D eigenvalue weighted by atomic mass is 16.2. The number of carbonyl (C=O) groups excluding carboxylic acids is 2. The predicted molar refractivity (Wildman–Crippen MR) is 117 cm³/mol. The zero-order valence-electron chi connectivity index (χ0n) is 18.1. The van der Waals surface area contributed by atoms with Gasteiger partial charge in [0.25, 0.3) is 0 Å². The van der Waals surface area contributed by atoms with Crippen LogP contribution in [0.4, 0.5) is 0 Å². The third kappa shape index (κ3) is 7.41. The first-order valence-electron chi connectivity index (χ1n) is 10.7. The Morgan fingerprint density at radius 1 is 0.862 bits per heavy atom. The lowest BCUT2D eigenvalue weighted by molar-refractivity contribution is -0.141. The summed E-state index contributed by atoms with van der Waals surface area (Å²) < 4.78 is 2.03. The van der Waals surface area contributed by atoms with Gasteiger partial charge in [0, 0.05) is 38.4 Å². The molecule has 0 N–H and O–H groups in total. The minimum Gasteiger partial charge on any atom is -0.353 e. The van der Waals surface area contributed by atoms with Crippen LogP contribution in [-0.2, 0) is 29.7 Å². The minimum absolute atomic E-state index is 0.00709. The van der Waals surface area contributed by atoms with Crippen molar-refractivity contribution in [3.63, 3.8) is 0 Å². The van der Waals surface area contributed by atoms with E-state index in [1.54, 1.807) is 4.90 Å². The summed E-state index contributed by atoms with van der Waals surface area (Å²) in [6.07, 6.45) is 6.39. The summed E-state index contributed by atoms with van der Waals surface area (Å²) in [7, 11) is 1.99. The van der Waals surface area contributed by atoms with Crippen molar-refractivity contribution in [2.24, 2.45) is 7.05 Å². The molecule has 2 rings (SSSR count). The number of hydrogen-bond acceptors (Lipinski definition) is 2. The molecule has 5 heteroatoms. The quantitative estimate of drug-likeness (QED) is 0.499. The molecule has 158 valence electrons. The smallest absolute Gasteiger partial charge is 0.242 e. The second kappa shape index (κ2) is 12.1. The number of rotatable bonds is 12. The maximum absolute atomic E-state index is 13.2. The summed E-state index contributed by atoms with van der Waals surface area (Å²) in [5, 5.41) is 0.